The number of aryl methyl sites for hydroxylation is 1. The molecule has 28 heteroatoms. The van der Waals surface area contributed by atoms with Crippen LogP contribution in [0.15, 0.2) is 95.8 Å². The predicted molar refractivity (Wildman–Crippen MR) is 168 cm³/mol. The first-order valence-corrected chi connectivity index (χ1v) is 18.0. The maximum atomic E-state index is 13.5. The third kappa shape index (κ3) is 16.3. The van der Waals surface area contributed by atoms with Crippen molar-refractivity contribution in [2.75, 3.05) is 18.2 Å². The van der Waals surface area contributed by atoms with E-state index in [-0.39, 0.29) is 257 Å². The number of hydrogen-bond donors (Lipinski definition) is 1. The maximum Gasteiger partial charge on any atom is 1.00 e. The van der Waals surface area contributed by atoms with Gasteiger partial charge in [0, 0.05) is 15.5 Å². The molecule has 4 rings (SSSR count). The van der Waals surface area contributed by atoms with Crippen LogP contribution in [0.4, 0.5) is 5.69 Å². The Morgan fingerprint density at radius 2 is 1.36 bits per heavy atom. The molecule has 0 bridgehead atoms. The summed E-state index contributed by atoms with van der Waals surface area (Å²) in [6.07, 6.45) is 6.78. The minimum atomic E-state index is -5.13. The average Bonchev–Trinajstić information content (AvgIpc) is 3.54. The van der Waals surface area contributed by atoms with Crippen molar-refractivity contribution < 1.29 is 275 Å². The van der Waals surface area contributed by atoms with Crippen LogP contribution in [0, 0.1) is 6.92 Å². The normalized spacial score (nSPS) is 13.8. The Hall–Kier alpha value is 2.56. The maximum absolute atomic E-state index is 13.5. The second-order valence-electron chi connectivity index (χ2n) is 9.55. The number of carbonyl (C=O) groups excluding carboxylic acids is 1. The smallest absolute Gasteiger partial charge is 0.744 e. The molecule has 0 radical (unpaired) electrons. The zero-order valence-electron chi connectivity index (χ0n) is 29.8. The Labute approximate surface area is 492 Å². The molecule has 1 aliphatic heterocycles. The summed E-state index contributed by atoms with van der Waals surface area (Å²) in [7, 11) is -10.2. The van der Waals surface area contributed by atoms with Crippen molar-refractivity contribution >= 4 is 67.7 Å². The third-order valence-electron chi connectivity index (χ3n) is 6.40. The third-order valence-corrected chi connectivity index (χ3v) is 9.31. The number of H-pyrrole nitrogens is 1. The van der Waals surface area contributed by atoms with Crippen molar-refractivity contribution in [1.82, 2.24) is 9.78 Å². The van der Waals surface area contributed by atoms with Gasteiger partial charge in [-0.25, -0.2) is 31.3 Å². The fourth-order valence-electron chi connectivity index (χ4n) is 4.34. The SMILES string of the molecule is CCOOCC1=NN(c2cc(SOO[O-])ccc2S(=O)(=O)[O-])C(=O)\C1=C/C=C\C=C/c1c(C)[nH]n(-c2cc(SOO[O-])ccc2S(=O)(=O)[O-])c1=O.[K+].[K+].[K+].[K+]. The number of anilines is 1. The van der Waals surface area contributed by atoms with E-state index in [1.807, 2.05) is 0 Å². The van der Waals surface area contributed by atoms with Crippen molar-refractivity contribution in [3.63, 3.8) is 0 Å². The molecule has 0 saturated heterocycles. The Morgan fingerprint density at radius 3 is 1.89 bits per heavy atom. The number of hydrazone groups is 1. The quantitative estimate of drug-likeness (QED) is 0.0192. The molecule has 0 aliphatic carbocycles. The van der Waals surface area contributed by atoms with Gasteiger partial charge in [-0.15, -0.1) is 0 Å². The number of allylic oxidation sites excluding steroid dienone is 4. The second kappa shape index (κ2) is 27.6. The van der Waals surface area contributed by atoms with Gasteiger partial charge in [-0.05, 0) is 62.4 Å². The zero-order valence-corrected chi connectivity index (χ0v) is 45.5. The molecule has 3 aromatic rings. The average molecular weight is 943 g/mol. The molecular formula is C27H22K4N4O16S4. The summed E-state index contributed by atoms with van der Waals surface area (Å²) in [5.41, 5.74) is -1.41. The van der Waals surface area contributed by atoms with E-state index in [2.05, 4.69) is 28.9 Å². The van der Waals surface area contributed by atoms with E-state index in [0.29, 0.717) is 29.1 Å². The van der Waals surface area contributed by atoms with Gasteiger partial charge in [0.1, 0.15) is 32.6 Å². The van der Waals surface area contributed by atoms with Gasteiger partial charge >= 0.3 is 206 Å². The molecular weight excluding hydrogens is 921 g/mol. The van der Waals surface area contributed by atoms with E-state index in [0.717, 1.165) is 41.1 Å². The van der Waals surface area contributed by atoms with Gasteiger partial charge < -0.3 is 19.6 Å². The summed E-state index contributed by atoms with van der Waals surface area (Å²) < 4.78 is 81.0. The first-order valence-electron chi connectivity index (χ1n) is 13.7. The summed E-state index contributed by atoms with van der Waals surface area (Å²) in [5, 5.41) is 34.5. The van der Waals surface area contributed by atoms with Crippen molar-refractivity contribution in [2.24, 2.45) is 5.10 Å². The Morgan fingerprint density at radius 1 is 0.818 bits per heavy atom. The molecule has 0 fully saturated rings. The van der Waals surface area contributed by atoms with Gasteiger partial charge in [0.05, 0.1) is 63.0 Å². The molecule has 1 N–H and O–H groups in total. The molecule has 2 aromatic carbocycles. The minimum absolute atomic E-state index is 0. The number of nitrogens with one attached hydrogen (secondary N) is 1. The first kappa shape index (κ1) is 57.6. The summed E-state index contributed by atoms with van der Waals surface area (Å²) in [4.78, 5) is 35.3. The van der Waals surface area contributed by atoms with Crippen molar-refractivity contribution in [1.29, 1.82) is 0 Å². The largest absolute Gasteiger partial charge is 1.00 e. The molecule has 1 aromatic heterocycles. The molecule has 2 heterocycles. The van der Waals surface area contributed by atoms with E-state index in [4.69, 9.17) is 9.78 Å². The van der Waals surface area contributed by atoms with E-state index in [1.54, 1.807) is 6.92 Å². The van der Waals surface area contributed by atoms with Gasteiger partial charge in [-0.2, -0.15) is 18.8 Å². The van der Waals surface area contributed by atoms with Gasteiger partial charge in [0.15, 0.2) is 0 Å². The van der Waals surface area contributed by atoms with Crippen LogP contribution in [0.3, 0.4) is 0 Å². The van der Waals surface area contributed by atoms with Crippen LogP contribution in [0.2, 0.25) is 0 Å². The van der Waals surface area contributed by atoms with Crippen molar-refractivity contribution in [3.8, 4) is 5.69 Å². The fraction of sp³-hybridized carbons (Fsp3) is 0.148. The van der Waals surface area contributed by atoms with Crippen LogP contribution in [-0.2, 0) is 53.6 Å². The molecule has 1 aliphatic rings. The number of carbonyl (C=O) groups is 1. The predicted octanol–water partition coefficient (Wildman–Crippen LogP) is -11.4. The van der Waals surface area contributed by atoms with Crippen LogP contribution in [0.5, 0.6) is 0 Å². The number of benzene rings is 2. The Balaban J connectivity index is 0.00000729. The molecule has 274 valence electrons. The molecule has 55 heavy (non-hydrogen) atoms. The topological polar surface area (TPSA) is 286 Å². The second-order valence-corrected chi connectivity index (χ2v) is 13.8. The Bertz CT molecular complexity index is 2200. The number of amides is 1. The van der Waals surface area contributed by atoms with E-state index in [9.17, 15) is 46.0 Å². The first-order chi connectivity index (χ1) is 24.2. The standard InChI is InChI=1S/C27H26N4O16S4.4K/c1-3-42-43-15-21-20(27(33)31(29-21)23-14-18(49-47-45-35)10-12-25(23)51(39,40)41)8-6-4-5-7-19-16(2)28-30(26(19)32)22-13-17(48-46-44-34)9-11-24(22)50(36,37)38;;;;/h4-14,28,34-35H,3,15H2,1-2H3,(H,36,37,38)(H,39,40,41);;;;/q;4*+1/p-4/b6-4-,7-5-,20-8-;;;;. The van der Waals surface area contributed by atoms with Crippen molar-refractivity contribution in [3.05, 3.63) is 87.9 Å². The number of aromatic amines is 1. The number of nitrogens with zero attached hydrogens (tertiary/aromatic N) is 3. The molecule has 0 saturated carbocycles. The summed E-state index contributed by atoms with van der Waals surface area (Å²) in [6, 6.07) is 6.29. The van der Waals surface area contributed by atoms with Crippen LogP contribution >= 0.6 is 24.1 Å². The molecule has 0 spiro atoms. The van der Waals surface area contributed by atoms with Crippen LogP contribution < -0.4 is 227 Å². The van der Waals surface area contributed by atoms with E-state index in [1.165, 1.54) is 37.3 Å². The zero-order chi connectivity index (χ0) is 37.3. The van der Waals surface area contributed by atoms with E-state index >= 15 is 0 Å². The van der Waals surface area contributed by atoms with Crippen LogP contribution in [0.1, 0.15) is 18.2 Å². The van der Waals surface area contributed by atoms with Gasteiger partial charge in [0.2, 0.25) is 0 Å². The number of rotatable bonds is 17. The van der Waals surface area contributed by atoms with Crippen molar-refractivity contribution in [2.45, 2.75) is 33.4 Å². The van der Waals surface area contributed by atoms with Gasteiger partial charge in [-0.3, -0.25) is 24.8 Å². The van der Waals surface area contributed by atoms with Crippen LogP contribution in [-0.4, -0.2) is 60.6 Å². The fourth-order valence-corrected chi connectivity index (χ4v) is 6.39. The van der Waals surface area contributed by atoms with Gasteiger partial charge in [0.25, 0.3) is 11.5 Å². The number of hydrogen-bond acceptors (Lipinski definition) is 19. The Kier molecular flexibility index (Phi) is 28.9. The van der Waals surface area contributed by atoms with Gasteiger partial charge in [-0.1, -0.05) is 18.2 Å². The molecule has 1 amide bonds. The summed E-state index contributed by atoms with van der Waals surface area (Å²) >= 11 is 0.777. The summed E-state index contributed by atoms with van der Waals surface area (Å²) in [5.74, 6) is -0.882. The monoisotopic (exact) mass is 942 g/mol. The molecule has 0 unspecified atom stereocenters. The number of aromatic nitrogens is 2. The molecule has 20 nitrogen and oxygen atoms in total. The molecule has 0 atom stereocenters. The van der Waals surface area contributed by atoms with Crippen LogP contribution in [0.25, 0.3) is 11.8 Å². The van der Waals surface area contributed by atoms with E-state index < -0.39 is 47.2 Å². The summed E-state index contributed by atoms with van der Waals surface area (Å²) in [6.45, 7) is 2.88. The minimum Gasteiger partial charge on any atom is -0.744 e.